The van der Waals surface area contributed by atoms with E-state index in [1.54, 1.807) is 7.11 Å². The Balaban J connectivity index is 1.58. The number of anilines is 1. The highest BCUT2D eigenvalue weighted by molar-refractivity contribution is 7.92. The van der Waals surface area contributed by atoms with Crippen molar-refractivity contribution >= 4 is 27.5 Å². The van der Waals surface area contributed by atoms with E-state index in [1.807, 2.05) is 98.8 Å². The Labute approximate surface area is 283 Å². The molecule has 4 aromatic carbocycles. The lowest BCUT2D eigenvalue weighted by molar-refractivity contribution is 0.0825. The van der Waals surface area contributed by atoms with E-state index in [0.29, 0.717) is 6.42 Å². The standard InChI is InChI=1S/C37H44N4O6S/c1-5-48(45,46)41-32-21-30(36(43)39-26(3)28-15-10-7-11-16-28)20-31(22-32)37(44)40-34(19-27-13-8-6-9-14-27)35(42)24-38-25(2)29-17-12-18-33(23-29)47-4/h6-18,20-23,25-26,34-35,38,41-42H,5,19,24H2,1-4H3,(H,39,43)(H,40,44)/t25-,26+,34-,35+/m0/s1. The zero-order valence-corrected chi connectivity index (χ0v) is 28.5. The minimum absolute atomic E-state index is 0.0618. The van der Waals surface area contributed by atoms with Crippen molar-refractivity contribution in [3.8, 4) is 5.75 Å². The number of aliphatic hydroxyl groups excluding tert-OH is 1. The Morgan fingerprint density at radius 3 is 2.00 bits per heavy atom. The number of ether oxygens (including phenoxy) is 1. The molecule has 0 saturated heterocycles. The zero-order valence-electron chi connectivity index (χ0n) is 27.6. The summed E-state index contributed by atoms with van der Waals surface area (Å²) in [5.74, 6) is -0.516. The minimum atomic E-state index is -3.71. The summed E-state index contributed by atoms with van der Waals surface area (Å²) in [5.41, 5.74) is 3.01. The Morgan fingerprint density at radius 1 is 0.771 bits per heavy atom. The van der Waals surface area contributed by atoms with Gasteiger partial charge < -0.3 is 25.8 Å². The van der Waals surface area contributed by atoms with Crippen molar-refractivity contribution in [3.63, 3.8) is 0 Å². The largest absolute Gasteiger partial charge is 0.497 e. The van der Waals surface area contributed by atoms with Gasteiger partial charge in [-0.2, -0.15) is 0 Å². The highest BCUT2D eigenvalue weighted by Gasteiger charge is 2.25. The molecule has 4 atom stereocenters. The first-order chi connectivity index (χ1) is 23.0. The molecule has 10 nitrogen and oxygen atoms in total. The Kier molecular flexibility index (Phi) is 12.7. The average Bonchev–Trinajstić information content (AvgIpc) is 3.10. The molecular weight excluding hydrogens is 628 g/mol. The van der Waals surface area contributed by atoms with Gasteiger partial charge >= 0.3 is 0 Å². The second kappa shape index (κ2) is 16.9. The first-order valence-corrected chi connectivity index (χ1v) is 17.5. The zero-order chi connectivity index (χ0) is 34.7. The summed E-state index contributed by atoms with van der Waals surface area (Å²) in [6.45, 7) is 5.47. The normalized spacial score (nSPS) is 13.9. The van der Waals surface area contributed by atoms with Crippen LogP contribution in [0.3, 0.4) is 0 Å². The van der Waals surface area contributed by atoms with Crippen LogP contribution in [0.5, 0.6) is 5.75 Å². The minimum Gasteiger partial charge on any atom is -0.497 e. The molecule has 5 N–H and O–H groups in total. The number of amides is 2. The Bertz CT molecular complexity index is 1770. The summed E-state index contributed by atoms with van der Waals surface area (Å²) < 4.78 is 32.7. The molecule has 0 fully saturated rings. The quantitative estimate of drug-likeness (QED) is 0.113. The lowest BCUT2D eigenvalue weighted by Crippen LogP contribution is -2.49. The van der Waals surface area contributed by atoms with Crippen LogP contribution in [0, 0.1) is 0 Å². The van der Waals surface area contributed by atoms with Crippen LogP contribution in [0.25, 0.3) is 0 Å². The maximum absolute atomic E-state index is 13.8. The third-order valence-electron chi connectivity index (χ3n) is 8.06. The van der Waals surface area contributed by atoms with Crippen LogP contribution < -0.4 is 25.4 Å². The third kappa shape index (κ3) is 10.4. The second-order valence-corrected chi connectivity index (χ2v) is 13.7. The molecule has 0 spiro atoms. The number of sulfonamides is 1. The molecule has 0 aliphatic carbocycles. The number of carbonyl (C=O) groups excluding carboxylic acids is 2. The molecule has 2 amide bonds. The molecular formula is C37H44N4O6S. The molecule has 0 saturated carbocycles. The highest BCUT2D eigenvalue weighted by Crippen LogP contribution is 2.21. The number of nitrogens with one attached hydrogen (secondary N) is 4. The van der Waals surface area contributed by atoms with Crippen molar-refractivity contribution in [1.29, 1.82) is 0 Å². The number of hydrogen-bond donors (Lipinski definition) is 5. The number of aliphatic hydroxyl groups is 1. The van der Waals surface area contributed by atoms with Crippen molar-refractivity contribution in [3.05, 3.63) is 131 Å². The average molecular weight is 673 g/mol. The van der Waals surface area contributed by atoms with Gasteiger partial charge in [-0.25, -0.2) is 8.42 Å². The monoisotopic (exact) mass is 672 g/mol. The van der Waals surface area contributed by atoms with Crippen LogP contribution in [-0.2, 0) is 16.4 Å². The topological polar surface area (TPSA) is 146 Å². The van der Waals surface area contributed by atoms with Gasteiger partial charge in [0.2, 0.25) is 10.0 Å². The van der Waals surface area contributed by atoms with Gasteiger partial charge in [0.15, 0.2) is 0 Å². The van der Waals surface area contributed by atoms with Gasteiger partial charge in [0.25, 0.3) is 11.8 Å². The fraction of sp³-hybridized carbons (Fsp3) is 0.297. The molecule has 0 aromatic heterocycles. The molecule has 4 aromatic rings. The van der Waals surface area contributed by atoms with E-state index in [4.69, 9.17) is 4.74 Å². The maximum atomic E-state index is 13.8. The van der Waals surface area contributed by atoms with E-state index in [-0.39, 0.29) is 41.2 Å². The van der Waals surface area contributed by atoms with Gasteiger partial charge in [-0.3, -0.25) is 14.3 Å². The summed E-state index contributed by atoms with van der Waals surface area (Å²) in [6.07, 6.45) is -0.675. The van der Waals surface area contributed by atoms with Crippen LogP contribution >= 0.6 is 0 Å². The van der Waals surface area contributed by atoms with Crippen molar-refractivity contribution in [2.45, 2.75) is 51.4 Å². The van der Waals surface area contributed by atoms with Crippen molar-refractivity contribution in [2.24, 2.45) is 0 Å². The first-order valence-electron chi connectivity index (χ1n) is 15.9. The van der Waals surface area contributed by atoms with Gasteiger partial charge in [-0.15, -0.1) is 0 Å². The molecule has 254 valence electrons. The number of hydrogen-bond acceptors (Lipinski definition) is 7. The summed E-state index contributed by atoms with van der Waals surface area (Å²) >= 11 is 0. The van der Waals surface area contributed by atoms with E-state index in [1.165, 1.54) is 25.1 Å². The van der Waals surface area contributed by atoms with Gasteiger partial charge in [-0.05, 0) is 74.2 Å². The van der Waals surface area contributed by atoms with Crippen LogP contribution in [0.15, 0.2) is 103 Å². The first kappa shape index (κ1) is 36.1. The number of benzene rings is 4. The summed E-state index contributed by atoms with van der Waals surface area (Å²) in [4.78, 5) is 27.2. The summed E-state index contributed by atoms with van der Waals surface area (Å²) in [5, 5.41) is 20.6. The highest BCUT2D eigenvalue weighted by atomic mass is 32.2. The Morgan fingerprint density at radius 2 is 1.38 bits per heavy atom. The van der Waals surface area contributed by atoms with Gasteiger partial charge in [0, 0.05) is 23.7 Å². The number of methoxy groups -OCH3 is 1. The molecule has 0 aliphatic heterocycles. The molecule has 0 unspecified atom stereocenters. The second-order valence-electron chi connectivity index (χ2n) is 11.7. The van der Waals surface area contributed by atoms with Crippen LogP contribution in [0.4, 0.5) is 5.69 Å². The van der Waals surface area contributed by atoms with Crippen molar-refractivity contribution in [2.75, 3.05) is 24.1 Å². The van der Waals surface area contributed by atoms with Gasteiger partial charge in [0.1, 0.15) is 5.75 Å². The SMILES string of the molecule is CCS(=O)(=O)Nc1cc(C(=O)N[C@@H](Cc2ccccc2)[C@H](O)CN[C@@H](C)c2cccc(OC)c2)cc(C(=O)N[C@H](C)c2ccccc2)c1. The predicted octanol–water partition coefficient (Wildman–Crippen LogP) is 5.00. The maximum Gasteiger partial charge on any atom is 0.251 e. The lowest BCUT2D eigenvalue weighted by atomic mass is 9.99. The van der Waals surface area contributed by atoms with E-state index in [0.717, 1.165) is 22.4 Å². The van der Waals surface area contributed by atoms with E-state index < -0.39 is 34.0 Å². The smallest absolute Gasteiger partial charge is 0.251 e. The fourth-order valence-electron chi connectivity index (χ4n) is 5.18. The van der Waals surface area contributed by atoms with Gasteiger partial charge in [-0.1, -0.05) is 72.8 Å². The number of rotatable bonds is 16. The summed E-state index contributed by atoms with van der Waals surface area (Å²) in [7, 11) is -2.11. The molecule has 48 heavy (non-hydrogen) atoms. The number of carbonyl (C=O) groups is 2. The molecule has 4 rings (SSSR count). The van der Waals surface area contributed by atoms with Crippen LogP contribution in [0.2, 0.25) is 0 Å². The third-order valence-corrected chi connectivity index (χ3v) is 9.37. The fourth-order valence-corrected chi connectivity index (χ4v) is 5.80. The molecule has 0 aliphatic rings. The van der Waals surface area contributed by atoms with Crippen LogP contribution in [-0.4, -0.2) is 56.9 Å². The lowest BCUT2D eigenvalue weighted by Gasteiger charge is -2.26. The Hall–Kier alpha value is -4.71. The molecule has 0 bridgehead atoms. The summed E-state index contributed by atoms with van der Waals surface area (Å²) in [6, 6.07) is 29.5. The molecule has 11 heteroatoms. The molecule has 0 radical (unpaired) electrons. The van der Waals surface area contributed by atoms with Crippen LogP contribution in [0.1, 0.15) is 70.3 Å². The van der Waals surface area contributed by atoms with Crippen molar-refractivity contribution < 1.29 is 27.9 Å². The van der Waals surface area contributed by atoms with Gasteiger partial charge in [0.05, 0.1) is 36.7 Å². The predicted molar refractivity (Wildman–Crippen MR) is 189 cm³/mol. The van der Waals surface area contributed by atoms with Crippen molar-refractivity contribution in [1.82, 2.24) is 16.0 Å². The van der Waals surface area contributed by atoms with E-state index >= 15 is 0 Å². The van der Waals surface area contributed by atoms with E-state index in [2.05, 4.69) is 20.7 Å². The molecule has 0 heterocycles. The van der Waals surface area contributed by atoms with E-state index in [9.17, 15) is 23.1 Å².